The van der Waals surface area contributed by atoms with Crippen LogP contribution in [0.5, 0.6) is 0 Å². The fourth-order valence-corrected chi connectivity index (χ4v) is 2.30. The van der Waals surface area contributed by atoms with E-state index < -0.39 is 0 Å². The van der Waals surface area contributed by atoms with Crippen LogP contribution < -0.4 is 5.73 Å². The highest BCUT2D eigenvalue weighted by Crippen LogP contribution is 2.24. The molecule has 0 radical (unpaired) electrons. The van der Waals surface area contributed by atoms with Crippen molar-refractivity contribution in [2.45, 2.75) is 23.4 Å². The number of aryl methyl sites for hydroxylation is 1. The van der Waals surface area contributed by atoms with Crippen LogP contribution in [0.25, 0.3) is 0 Å². The first-order valence-electron chi connectivity index (χ1n) is 3.40. The molecule has 0 aliphatic heterocycles. The second-order valence-corrected chi connectivity index (χ2v) is 4.66. The van der Waals surface area contributed by atoms with E-state index in [4.69, 9.17) is 11.1 Å². The van der Waals surface area contributed by atoms with E-state index in [-0.39, 0.29) is 11.1 Å². The quantitative estimate of drug-likeness (QED) is 0.439. The Labute approximate surface area is 79.3 Å². The molecule has 0 spiro atoms. The number of nitrogens with two attached hydrogens (primary N) is 1. The average Bonchev–Trinajstić information content (AvgIpc) is 2.35. The minimum absolute atomic E-state index is 0.0163. The van der Waals surface area contributed by atoms with Gasteiger partial charge in [0.1, 0.15) is 11.7 Å². The first kappa shape index (κ1) is 9.47. The molecule has 3 N–H and O–H groups in total. The number of nitrogens with one attached hydrogen (secondary N) is 1. The van der Waals surface area contributed by atoms with E-state index in [1.54, 1.807) is 0 Å². The third-order valence-electron chi connectivity index (χ3n) is 1.22. The Hall–Kier alpha value is -0.620. The molecular weight excluding hydrogens is 192 g/mol. The lowest BCUT2D eigenvalue weighted by Crippen LogP contribution is -2.21. The summed E-state index contributed by atoms with van der Waals surface area (Å²) in [7, 11) is 0. The summed E-state index contributed by atoms with van der Waals surface area (Å²) in [6.07, 6.45) is 0. The Kier molecular flexibility index (Phi) is 3.05. The molecule has 0 aliphatic carbocycles. The molecule has 66 valence electrons. The van der Waals surface area contributed by atoms with Crippen LogP contribution in [-0.2, 0) is 0 Å². The monoisotopic (exact) mass is 202 g/mol. The van der Waals surface area contributed by atoms with Crippen LogP contribution >= 0.6 is 23.3 Å². The summed E-state index contributed by atoms with van der Waals surface area (Å²) in [5, 5.41) is 7.15. The molecule has 0 amide bonds. The van der Waals surface area contributed by atoms with Crippen molar-refractivity contribution < 1.29 is 0 Å². The standard InChI is InChI=1S/C6H10N4S2/c1-3(5(7)8)11-6-9-4(2)10-12-6/h3H,1-2H3,(H3,7,8). The maximum Gasteiger partial charge on any atom is 0.170 e. The number of hydrogen-bond acceptors (Lipinski definition) is 5. The molecule has 0 saturated heterocycles. The van der Waals surface area contributed by atoms with Gasteiger partial charge in [0.05, 0.1) is 5.25 Å². The van der Waals surface area contributed by atoms with Gasteiger partial charge in [-0.05, 0) is 25.4 Å². The van der Waals surface area contributed by atoms with Crippen LogP contribution in [0.4, 0.5) is 0 Å². The maximum absolute atomic E-state index is 7.17. The highest BCUT2D eigenvalue weighted by Gasteiger charge is 2.09. The molecule has 0 saturated carbocycles. The zero-order valence-corrected chi connectivity index (χ0v) is 8.50. The predicted molar refractivity (Wildman–Crippen MR) is 51.9 cm³/mol. The maximum atomic E-state index is 7.17. The Morgan fingerprint density at radius 3 is 2.83 bits per heavy atom. The highest BCUT2D eigenvalue weighted by molar-refractivity contribution is 8.02. The molecule has 12 heavy (non-hydrogen) atoms. The van der Waals surface area contributed by atoms with E-state index >= 15 is 0 Å². The number of hydrogen-bond donors (Lipinski definition) is 2. The van der Waals surface area contributed by atoms with Crippen LogP contribution in [-0.4, -0.2) is 20.4 Å². The Bertz CT molecular complexity index is 283. The van der Waals surface area contributed by atoms with Gasteiger partial charge in [0.15, 0.2) is 4.34 Å². The molecule has 0 fully saturated rings. The van der Waals surface area contributed by atoms with Gasteiger partial charge in [-0.2, -0.15) is 4.37 Å². The third-order valence-corrected chi connectivity index (χ3v) is 3.24. The molecule has 1 atom stereocenters. The van der Waals surface area contributed by atoms with Crippen LogP contribution in [0.1, 0.15) is 12.7 Å². The largest absolute Gasteiger partial charge is 0.387 e. The van der Waals surface area contributed by atoms with Gasteiger partial charge in [0.25, 0.3) is 0 Å². The van der Waals surface area contributed by atoms with Gasteiger partial charge in [-0.3, -0.25) is 5.41 Å². The summed E-state index contributed by atoms with van der Waals surface area (Å²) in [6.45, 7) is 3.72. The van der Waals surface area contributed by atoms with Crippen molar-refractivity contribution >= 4 is 29.1 Å². The second kappa shape index (κ2) is 3.86. The van der Waals surface area contributed by atoms with E-state index in [2.05, 4.69) is 9.36 Å². The number of nitrogens with zero attached hydrogens (tertiary/aromatic N) is 2. The minimum Gasteiger partial charge on any atom is -0.387 e. The van der Waals surface area contributed by atoms with Gasteiger partial charge in [-0.25, -0.2) is 4.98 Å². The Morgan fingerprint density at radius 2 is 2.42 bits per heavy atom. The van der Waals surface area contributed by atoms with Gasteiger partial charge in [0, 0.05) is 0 Å². The van der Waals surface area contributed by atoms with E-state index in [0.29, 0.717) is 0 Å². The van der Waals surface area contributed by atoms with E-state index in [1.165, 1.54) is 23.3 Å². The fraction of sp³-hybridized carbons (Fsp3) is 0.500. The van der Waals surface area contributed by atoms with Crippen molar-refractivity contribution in [3.63, 3.8) is 0 Å². The highest BCUT2D eigenvalue weighted by atomic mass is 32.2. The average molecular weight is 202 g/mol. The minimum atomic E-state index is -0.0163. The Morgan fingerprint density at radius 1 is 1.75 bits per heavy atom. The van der Waals surface area contributed by atoms with Crippen LogP contribution in [0.2, 0.25) is 0 Å². The molecule has 0 bridgehead atoms. The van der Waals surface area contributed by atoms with Crippen molar-refractivity contribution in [2.75, 3.05) is 0 Å². The summed E-state index contributed by atoms with van der Waals surface area (Å²) in [6, 6.07) is 0. The number of amidine groups is 1. The van der Waals surface area contributed by atoms with Crippen molar-refractivity contribution in [1.82, 2.24) is 9.36 Å². The zero-order valence-electron chi connectivity index (χ0n) is 6.87. The lowest BCUT2D eigenvalue weighted by molar-refractivity contribution is 1.10. The third kappa shape index (κ3) is 2.46. The molecular formula is C6H10N4S2. The summed E-state index contributed by atoms with van der Waals surface area (Å²) < 4.78 is 4.90. The van der Waals surface area contributed by atoms with Gasteiger partial charge in [-0.1, -0.05) is 11.8 Å². The molecule has 1 aromatic rings. The number of aromatic nitrogens is 2. The summed E-state index contributed by atoms with van der Waals surface area (Å²) in [5.41, 5.74) is 5.31. The van der Waals surface area contributed by atoms with Crippen LogP contribution in [0, 0.1) is 12.3 Å². The molecule has 1 unspecified atom stereocenters. The van der Waals surface area contributed by atoms with Crippen LogP contribution in [0.15, 0.2) is 4.34 Å². The van der Waals surface area contributed by atoms with E-state index in [9.17, 15) is 0 Å². The first-order valence-corrected chi connectivity index (χ1v) is 5.06. The molecule has 1 rings (SSSR count). The van der Waals surface area contributed by atoms with E-state index in [0.717, 1.165) is 10.2 Å². The predicted octanol–water partition coefficient (Wildman–Crippen LogP) is 1.26. The zero-order chi connectivity index (χ0) is 9.14. The summed E-state index contributed by atoms with van der Waals surface area (Å²) in [5.74, 6) is 0.950. The molecule has 0 aliphatic rings. The molecule has 0 aromatic carbocycles. The molecule has 1 heterocycles. The first-order chi connectivity index (χ1) is 5.59. The van der Waals surface area contributed by atoms with Crippen molar-refractivity contribution in [3.05, 3.63) is 5.82 Å². The number of thioether (sulfide) groups is 1. The van der Waals surface area contributed by atoms with Gasteiger partial charge in [0.2, 0.25) is 0 Å². The lowest BCUT2D eigenvalue weighted by atomic mass is 10.4. The van der Waals surface area contributed by atoms with Crippen molar-refractivity contribution in [2.24, 2.45) is 5.73 Å². The smallest absolute Gasteiger partial charge is 0.170 e. The van der Waals surface area contributed by atoms with Gasteiger partial charge < -0.3 is 5.73 Å². The van der Waals surface area contributed by atoms with Crippen molar-refractivity contribution in [3.8, 4) is 0 Å². The van der Waals surface area contributed by atoms with Crippen LogP contribution in [0.3, 0.4) is 0 Å². The summed E-state index contributed by atoms with van der Waals surface area (Å²) >= 11 is 2.81. The van der Waals surface area contributed by atoms with Gasteiger partial charge >= 0.3 is 0 Å². The van der Waals surface area contributed by atoms with Crippen molar-refractivity contribution in [1.29, 1.82) is 5.41 Å². The molecule has 4 nitrogen and oxygen atoms in total. The Balaban J connectivity index is 2.58. The normalized spacial score (nSPS) is 12.8. The second-order valence-electron chi connectivity index (χ2n) is 2.32. The summed E-state index contributed by atoms with van der Waals surface area (Å²) in [4.78, 5) is 4.15. The molecule has 1 aromatic heterocycles. The molecule has 6 heteroatoms. The van der Waals surface area contributed by atoms with Gasteiger partial charge in [-0.15, -0.1) is 0 Å². The van der Waals surface area contributed by atoms with E-state index in [1.807, 2.05) is 13.8 Å². The lowest BCUT2D eigenvalue weighted by Gasteiger charge is -2.04. The topological polar surface area (TPSA) is 75.7 Å². The SMILES string of the molecule is Cc1nsc(SC(C)C(=N)N)n1. The fourth-order valence-electron chi connectivity index (χ4n) is 0.541. The number of rotatable bonds is 3.